The summed E-state index contributed by atoms with van der Waals surface area (Å²) in [6.45, 7) is 0. The van der Waals surface area contributed by atoms with Gasteiger partial charge in [-0.05, 0) is 48.4 Å². The molecule has 1 saturated carbocycles. The van der Waals surface area contributed by atoms with Crippen LogP contribution in [0.5, 0.6) is 0 Å². The predicted molar refractivity (Wildman–Crippen MR) is 87.6 cm³/mol. The third kappa shape index (κ3) is 3.20. The average Bonchev–Trinajstić information content (AvgIpc) is 3.26. The third-order valence-electron chi connectivity index (χ3n) is 4.26. The fraction of sp³-hybridized carbons (Fsp3) is 0.333. The van der Waals surface area contributed by atoms with Crippen molar-refractivity contribution in [1.29, 1.82) is 5.26 Å². The summed E-state index contributed by atoms with van der Waals surface area (Å²) in [5.41, 5.74) is 1.07. The number of carbonyl (C=O) groups is 1. The lowest BCUT2D eigenvalue weighted by atomic mass is 9.96. The minimum Gasteiger partial charge on any atom is -0.344 e. The first-order valence-electron chi connectivity index (χ1n) is 7.62. The summed E-state index contributed by atoms with van der Waals surface area (Å²) in [6.07, 6.45) is 4.82. The van der Waals surface area contributed by atoms with Crippen molar-refractivity contribution in [3.05, 3.63) is 57.8 Å². The third-order valence-corrected chi connectivity index (χ3v) is 5.22. The van der Waals surface area contributed by atoms with Gasteiger partial charge in [-0.3, -0.25) is 4.79 Å². The van der Waals surface area contributed by atoms with Gasteiger partial charge in [-0.25, -0.2) is 0 Å². The SMILES string of the molecule is N#Cc1cccc(C(=O)N[C@@H](c2cccs2)C2CCCC2)c1. The molecule has 0 unspecified atom stereocenters. The van der Waals surface area contributed by atoms with Crippen LogP contribution >= 0.6 is 11.3 Å². The lowest BCUT2D eigenvalue weighted by molar-refractivity contribution is 0.0923. The van der Waals surface area contributed by atoms with E-state index in [0.717, 1.165) is 0 Å². The molecule has 1 N–H and O–H groups in total. The second-order valence-corrected chi connectivity index (χ2v) is 6.68. The van der Waals surface area contributed by atoms with Gasteiger partial charge in [-0.1, -0.05) is 25.0 Å². The van der Waals surface area contributed by atoms with Crippen LogP contribution in [-0.2, 0) is 0 Å². The quantitative estimate of drug-likeness (QED) is 0.916. The van der Waals surface area contributed by atoms with Gasteiger partial charge in [0.2, 0.25) is 0 Å². The topological polar surface area (TPSA) is 52.9 Å². The van der Waals surface area contributed by atoms with Gasteiger partial charge < -0.3 is 5.32 Å². The minimum absolute atomic E-state index is 0.0840. The van der Waals surface area contributed by atoms with E-state index >= 15 is 0 Å². The standard InChI is InChI=1S/C18H18N2OS/c19-12-13-5-3-8-15(11-13)18(21)20-17(14-6-1-2-7-14)16-9-4-10-22-16/h3-5,8-11,14,17H,1-2,6-7H2,(H,20,21)/t17-/m1/s1. The fourth-order valence-electron chi connectivity index (χ4n) is 3.13. The molecule has 1 amide bonds. The molecule has 1 aliphatic carbocycles. The molecule has 1 aliphatic rings. The Morgan fingerprint density at radius 3 is 2.77 bits per heavy atom. The number of nitrogens with zero attached hydrogens (tertiary/aromatic N) is 1. The van der Waals surface area contributed by atoms with Crippen LogP contribution in [0.1, 0.15) is 52.5 Å². The molecule has 1 aromatic heterocycles. The van der Waals surface area contributed by atoms with Crippen molar-refractivity contribution in [2.24, 2.45) is 5.92 Å². The number of carbonyl (C=O) groups excluding carboxylic acids is 1. The molecular formula is C18H18N2OS. The van der Waals surface area contributed by atoms with Crippen LogP contribution in [0.4, 0.5) is 0 Å². The van der Waals surface area contributed by atoms with Gasteiger partial charge in [-0.2, -0.15) is 5.26 Å². The Hall–Kier alpha value is -2.12. The highest BCUT2D eigenvalue weighted by molar-refractivity contribution is 7.10. The molecule has 1 atom stereocenters. The number of nitrogens with one attached hydrogen (secondary N) is 1. The van der Waals surface area contributed by atoms with Crippen molar-refractivity contribution in [3.8, 4) is 6.07 Å². The summed E-state index contributed by atoms with van der Waals surface area (Å²) in [5, 5.41) is 14.2. The maximum absolute atomic E-state index is 12.6. The van der Waals surface area contributed by atoms with E-state index in [2.05, 4.69) is 22.8 Å². The monoisotopic (exact) mass is 310 g/mol. The fourth-order valence-corrected chi connectivity index (χ4v) is 4.00. The Morgan fingerprint density at radius 1 is 1.27 bits per heavy atom. The average molecular weight is 310 g/mol. The van der Waals surface area contributed by atoms with Crippen molar-refractivity contribution in [2.75, 3.05) is 0 Å². The van der Waals surface area contributed by atoms with Gasteiger partial charge in [0, 0.05) is 10.4 Å². The van der Waals surface area contributed by atoms with Crippen molar-refractivity contribution in [3.63, 3.8) is 0 Å². The first kappa shape index (κ1) is 14.8. The van der Waals surface area contributed by atoms with Crippen LogP contribution in [0.25, 0.3) is 0 Å². The lowest BCUT2D eigenvalue weighted by Crippen LogP contribution is -2.32. The van der Waals surface area contributed by atoms with Crippen LogP contribution in [0.2, 0.25) is 0 Å². The molecule has 1 heterocycles. The molecule has 3 nitrogen and oxygen atoms in total. The van der Waals surface area contributed by atoms with E-state index < -0.39 is 0 Å². The smallest absolute Gasteiger partial charge is 0.251 e. The Morgan fingerprint density at radius 2 is 2.09 bits per heavy atom. The zero-order chi connectivity index (χ0) is 15.4. The van der Waals surface area contributed by atoms with Gasteiger partial charge >= 0.3 is 0 Å². The summed E-state index contributed by atoms with van der Waals surface area (Å²) >= 11 is 1.70. The highest BCUT2D eigenvalue weighted by Crippen LogP contribution is 2.37. The van der Waals surface area contributed by atoms with Gasteiger partial charge in [-0.15, -0.1) is 11.3 Å². The van der Waals surface area contributed by atoms with Crippen LogP contribution in [0.15, 0.2) is 41.8 Å². The van der Waals surface area contributed by atoms with Crippen LogP contribution in [0, 0.1) is 17.2 Å². The number of nitriles is 1. The van der Waals surface area contributed by atoms with E-state index in [9.17, 15) is 4.79 Å². The summed E-state index contributed by atoms with van der Waals surface area (Å²) in [5.74, 6) is 0.421. The molecule has 0 aliphatic heterocycles. The molecule has 112 valence electrons. The van der Waals surface area contributed by atoms with E-state index in [1.807, 2.05) is 6.07 Å². The number of benzene rings is 1. The van der Waals surface area contributed by atoms with E-state index in [-0.39, 0.29) is 11.9 Å². The molecule has 3 rings (SSSR count). The molecule has 1 fully saturated rings. The summed E-state index contributed by atoms with van der Waals surface area (Å²) in [6, 6.07) is 13.2. The largest absolute Gasteiger partial charge is 0.344 e. The molecule has 0 saturated heterocycles. The normalized spacial score (nSPS) is 16.1. The number of rotatable bonds is 4. The molecule has 22 heavy (non-hydrogen) atoms. The van der Waals surface area contributed by atoms with Gasteiger partial charge in [0.1, 0.15) is 0 Å². The number of hydrogen-bond acceptors (Lipinski definition) is 3. The number of amides is 1. The molecule has 2 aromatic rings. The second-order valence-electron chi connectivity index (χ2n) is 5.70. The minimum atomic E-state index is -0.0950. The molecule has 4 heteroatoms. The zero-order valence-electron chi connectivity index (χ0n) is 12.3. The second kappa shape index (κ2) is 6.76. The van der Waals surface area contributed by atoms with Crippen LogP contribution in [-0.4, -0.2) is 5.91 Å². The van der Waals surface area contributed by atoms with Crippen LogP contribution < -0.4 is 5.32 Å². The molecule has 1 aromatic carbocycles. The lowest BCUT2D eigenvalue weighted by Gasteiger charge is -2.23. The van der Waals surface area contributed by atoms with Crippen molar-refractivity contribution in [2.45, 2.75) is 31.7 Å². The maximum atomic E-state index is 12.6. The highest BCUT2D eigenvalue weighted by Gasteiger charge is 2.28. The zero-order valence-corrected chi connectivity index (χ0v) is 13.1. The van der Waals surface area contributed by atoms with Gasteiger partial charge in [0.05, 0.1) is 17.7 Å². The molecule has 0 bridgehead atoms. The number of thiophene rings is 1. The number of hydrogen-bond donors (Lipinski definition) is 1. The van der Waals surface area contributed by atoms with E-state index in [4.69, 9.17) is 5.26 Å². The molecule has 0 radical (unpaired) electrons. The summed E-state index contributed by atoms with van der Waals surface area (Å²) < 4.78 is 0. The Bertz CT molecular complexity index is 681. The first-order chi connectivity index (χ1) is 10.8. The highest BCUT2D eigenvalue weighted by atomic mass is 32.1. The van der Waals surface area contributed by atoms with Crippen molar-refractivity contribution in [1.82, 2.24) is 5.32 Å². The van der Waals surface area contributed by atoms with E-state index in [1.54, 1.807) is 35.6 Å². The molecule has 0 spiro atoms. The van der Waals surface area contributed by atoms with Crippen molar-refractivity contribution < 1.29 is 4.79 Å². The predicted octanol–water partition coefficient (Wildman–Crippen LogP) is 4.28. The Kier molecular flexibility index (Phi) is 4.55. The Balaban J connectivity index is 1.80. The molecular weight excluding hydrogens is 292 g/mol. The van der Waals surface area contributed by atoms with Gasteiger partial charge in [0.15, 0.2) is 0 Å². The maximum Gasteiger partial charge on any atom is 0.251 e. The van der Waals surface area contributed by atoms with Crippen molar-refractivity contribution >= 4 is 17.2 Å². The Labute approximate surface area is 134 Å². The van der Waals surface area contributed by atoms with Crippen LogP contribution in [0.3, 0.4) is 0 Å². The first-order valence-corrected chi connectivity index (χ1v) is 8.50. The van der Waals surface area contributed by atoms with E-state index in [0.29, 0.717) is 17.0 Å². The van der Waals surface area contributed by atoms with E-state index in [1.165, 1.54) is 30.6 Å². The van der Waals surface area contributed by atoms with Gasteiger partial charge in [0.25, 0.3) is 5.91 Å². The summed E-state index contributed by atoms with van der Waals surface area (Å²) in [4.78, 5) is 13.8. The summed E-state index contributed by atoms with van der Waals surface area (Å²) in [7, 11) is 0.